The first-order chi connectivity index (χ1) is 14.1. The first-order valence-corrected chi connectivity index (χ1v) is 10.0. The van der Waals surface area contributed by atoms with Crippen LogP contribution in [0.15, 0.2) is 42.5 Å². The number of ether oxygens (including phenoxy) is 1. The van der Waals surface area contributed by atoms with E-state index >= 15 is 0 Å². The highest BCUT2D eigenvalue weighted by molar-refractivity contribution is 6.22. The minimum absolute atomic E-state index is 0.0287. The molecule has 2 aromatic carbocycles. The van der Waals surface area contributed by atoms with Gasteiger partial charge in [-0.1, -0.05) is 37.5 Å². The molecule has 1 aliphatic heterocycles. The van der Waals surface area contributed by atoms with Gasteiger partial charge in [0.1, 0.15) is 5.75 Å². The molecule has 6 heteroatoms. The predicted octanol–water partition coefficient (Wildman–Crippen LogP) is 3.55. The summed E-state index contributed by atoms with van der Waals surface area (Å²) in [6.45, 7) is 0.307. The number of nitrogens with one attached hydrogen (secondary N) is 1. The largest absolute Gasteiger partial charge is 0.496 e. The van der Waals surface area contributed by atoms with Crippen LogP contribution in [0, 0.1) is 0 Å². The van der Waals surface area contributed by atoms with E-state index in [4.69, 9.17) is 4.74 Å². The third kappa shape index (κ3) is 3.62. The molecular formula is C23H24N2O4. The Bertz CT molecular complexity index is 963. The van der Waals surface area contributed by atoms with Gasteiger partial charge in [0.05, 0.1) is 18.2 Å². The predicted molar refractivity (Wildman–Crippen MR) is 108 cm³/mol. The van der Waals surface area contributed by atoms with Crippen LogP contribution in [0.1, 0.15) is 68.7 Å². The van der Waals surface area contributed by atoms with Crippen molar-refractivity contribution in [2.45, 2.75) is 44.7 Å². The van der Waals surface area contributed by atoms with E-state index < -0.39 is 0 Å². The van der Waals surface area contributed by atoms with Gasteiger partial charge in [0, 0.05) is 23.7 Å². The Balaban J connectivity index is 1.50. The number of carbonyl (C=O) groups excluding carboxylic acids is 3. The number of imide groups is 1. The van der Waals surface area contributed by atoms with E-state index in [1.807, 2.05) is 24.3 Å². The molecule has 1 N–H and O–H groups in total. The van der Waals surface area contributed by atoms with Crippen LogP contribution in [0.2, 0.25) is 0 Å². The Morgan fingerprint density at radius 3 is 2.52 bits per heavy atom. The maximum Gasteiger partial charge on any atom is 0.261 e. The molecule has 150 valence electrons. The fourth-order valence-corrected chi connectivity index (χ4v) is 4.20. The highest BCUT2D eigenvalue weighted by Crippen LogP contribution is 2.31. The van der Waals surface area contributed by atoms with Crippen LogP contribution in [0.5, 0.6) is 5.75 Å². The summed E-state index contributed by atoms with van der Waals surface area (Å²) in [6, 6.07) is 12.2. The Labute approximate surface area is 169 Å². The molecule has 1 aliphatic carbocycles. The molecule has 0 radical (unpaired) electrons. The number of rotatable bonds is 5. The third-order valence-electron chi connectivity index (χ3n) is 5.75. The smallest absolute Gasteiger partial charge is 0.261 e. The molecule has 29 heavy (non-hydrogen) atoms. The van der Waals surface area contributed by atoms with Crippen molar-refractivity contribution in [3.05, 3.63) is 64.7 Å². The molecule has 2 aliphatic rings. The van der Waals surface area contributed by atoms with Gasteiger partial charge in [-0.05, 0) is 37.1 Å². The van der Waals surface area contributed by atoms with Crippen LogP contribution < -0.4 is 10.1 Å². The Kier molecular flexibility index (Phi) is 5.34. The van der Waals surface area contributed by atoms with Crippen molar-refractivity contribution in [1.29, 1.82) is 0 Å². The summed E-state index contributed by atoms with van der Waals surface area (Å²) in [6.07, 6.45) is 4.94. The first kappa shape index (κ1) is 19.2. The number of para-hydroxylation sites is 1. The normalized spacial score (nSPS) is 16.7. The molecule has 0 aromatic heterocycles. The SMILES string of the molecule is COc1ccccc1CNC(=O)c1ccc2c(c1)C(=O)N(C1CCCCC1)C2=O. The van der Waals surface area contributed by atoms with Crippen LogP contribution in [0.25, 0.3) is 0 Å². The lowest BCUT2D eigenvalue weighted by Crippen LogP contribution is -2.40. The van der Waals surface area contributed by atoms with E-state index in [-0.39, 0.29) is 23.8 Å². The van der Waals surface area contributed by atoms with E-state index in [1.165, 1.54) is 11.0 Å². The number of methoxy groups -OCH3 is 1. The average Bonchev–Trinajstić information content (AvgIpc) is 3.02. The summed E-state index contributed by atoms with van der Waals surface area (Å²) in [4.78, 5) is 39.7. The lowest BCUT2D eigenvalue weighted by Gasteiger charge is -2.29. The molecule has 0 saturated heterocycles. The van der Waals surface area contributed by atoms with Gasteiger partial charge in [0.25, 0.3) is 17.7 Å². The number of carbonyl (C=O) groups is 3. The van der Waals surface area contributed by atoms with Gasteiger partial charge in [0.15, 0.2) is 0 Å². The lowest BCUT2D eigenvalue weighted by atomic mass is 9.94. The van der Waals surface area contributed by atoms with E-state index in [2.05, 4.69) is 5.32 Å². The molecule has 3 amide bonds. The zero-order valence-electron chi connectivity index (χ0n) is 16.4. The van der Waals surface area contributed by atoms with Crippen molar-refractivity contribution < 1.29 is 19.1 Å². The average molecular weight is 392 g/mol. The van der Waals surface area contributed by atoms with E-state index in [0.29, 0.717) is 29.0 Å². The standard InChI is InChI=1S/C23H24N2O4/c1-29-20-10-6-5-7-16(20)14-24-21(26)15-11-12-18-19(13-15)23(28)25(22(18)27)17-8-3-2-4-9-17/h5-7,10-13,17H,2-4,8-9,14H2,1H3,(H,24,26). The molecule has 1 fully saturated rings. The molecule has 4 rings (SSSR count). The highest BCUT2D eigenvalue weighted by atomic mass is 16.5. The van der Waals surface area contributed by atoms with Crippen LogP contribution in [0.3, 0.4) is 0 Å². The minimum Gasteiger partial charge on any atom is -0.496 e. The van der Waals surface area contributed by atoms with Gasteiger partial charge >= 0.3 is 0 Å². The Morgan fingerprint density at radius 2 is 1.76 bits per heavy atom. The summed E-state index contributed by atoms with van der Waals surface area (Å²) in [5, 5.41) is 2.85. The monoisotopic (exact) mass is 392 g/mol. The topological polar surface area (TPSA) is 75.7 Å². The third-order valence-corrected chi connectivity index (χ3v) is 5.75. The van der Waals surface area contributed by atoms with Crippen LogP contribution in [-0.2, 0) is 6.54 Å². The minimum atomic E-state index is -0.296. The first-order valence-electron chi connectivity index (χ1n) is 10.0. The molecule has 0 unspecified atom stereocenters. The van der Waals surface area contributed by atoms with Crippen molar-refractivity contribution in [2.24, 2.45) is 0 Å². The number of fused-ring (bicyclic) bond motifs is 1. The number of benzene rings is 2. The molecule has 2 aromatic rings. The number of nitrogens with zero attached hydrogens (tertiary/aromatic N) is 1. The maximum absolute atomic E-state index is 12.9. The van der Waals surface area contributed by atoms with Gasteiger partial charge in [-0.15, -0.1) is 0 Å². The Morgan fingerprint density at radius 1 is 1.03 bits per heavy atom. The second-order valence-electron chi connectivity index (χ2n) is 7.53. The second kappa shape index (κ2) is 8.07. The second-order valence-corrected chi connectivity index (χ2v) is 7.53. The number of amides is 3. The van der Waals surface area contributed by atoms with Crippen LogP contribution >= 0.6 is 0 Å². The maximum atomic E-state index is 12.9. The van der Waals surface area contributed by atoms with Crippen molar-refractivity contribution in [2.75, 3.05) is 7.11 Å². The molecule has 1 saturated carbocycles. The zero-order chi connectivity index (χ0) is 20.4. The molecular weight excluding hydrogens is 368 g/mol. The van der Waals surface area contributed by atoms with Crippen molar-refractivity contribution in [3.63, 3.8) is 0 Å². The zero-order valence-corrected chi connectivity index (χ0v) is 16.4. The quantitative estimate of drug-likeness (QED) is 0.790. The van der Waals surface area contributed by atoms with E-state index in [9.17, 15) is 14.4 Å². The summed E-state index contributed by atoms with van der Waals surface area (Å²) in [7, 11) is 1.59. The van der Waals surface area contributed by atoms with Gasteiger partial charge in [-0.25, -0.2) is 0 Å². The van der Waals surface area contributed by atoms with Crippen molar-refractivity contribution >= 4 is 17.7 Å². The lowest BCUT2D eigenvalue weighted by molar-refractivity contribution is 0.0549. The summed E-state index contributed by atoms with van der Waals surface area (Å²) in [5.74, 6) is -0.116. The molecule has 0 spiro atoms. The van der Waals surface area contributed by atoms with Crippen LogP contribution in [-0.4, -0.2) is 35.8 Å². The molecule has 0 bridgehead atoms. The van der Waals surface area contributed by atoms with Gasteiger partial charge in [-0.3, -0.25) is 19.3 Å². The van der Waals surface area contributed by atoms with E-state index in [0.717, 1.165) is 37.7 Å². The number of hydrogen-bond donors (Lipinski definition) is 1. The highest BCUT2D eigenvalue weighted by Gasteiger charge is 2.40. The fourth-order valence-electron chi connectivity index (χ4n) is 4.20. The summed E-state index contributed by atoms with van der Waals surface area (Å²) >= 11 is 0. The Hall–Kier alpha value is -3.15. The molecule has 1 heterocycles. The van der Waals surface area contributed by atoms with Gasteiger partial charge in [0.2, 0.25) is 0 Å². The van der Waals surface area contributed by atoms with E-state index in [1.54, 1.807) is 19.2 Å². The summed E-state index contributed by atoms with van der Waals surface area (Å²) in [5.41, 5.74) is 1.94. The van der Waals surface area contributed by atoms with Crippen molar-refractivity contribution in [3.8, 4) is 5.75 Å². The van der Waals surface area contributed by atoms with Gasteiger partial charge < -0.3 is 10.1 Å². The van der Waals surface area contributed by atoms with Gasteiger partial charge in [-0.2, -0.15) is 0 Å². The molecule has 0 atom stereocenters. The molecule has 6 nitrogen and oxygen atoms in total. The van der Waals surface area contributed by atoms with Crippen LogP contribution in [0.4, 0.5) is 0 Å². The fraction of sp³-hybridized carbons (Fsp3) is 0.348. The number of hydrogen-bond acceptors (Lipinski definition) is 4. The van der Waals surface area contributed by atoms with Crippen molar-refractivity contribution in [1.82, 2.24) is 10.2 Å². The summed E-state index contributed by atoms with van der Waals surface area (Å²) < 4.78 is 5.30.